The van der Waals surface area contributed by atoms with Crippen molar-refractivity contribution >= 4 is 28.5 Å². The molecule has 11 heteroatoms. The van der Waals surface area contributed by atoms with Gasteiger partial charge in [-0.15, -0.1) is 0 Å². The lowest BCUT2D eigenvalue weighted by Gasteiger charge is -2.37. The van der Waals surface area contributed by atoms with Gasteiger partial charge in [-0.2, -0.15) is 0 Å². The van der Waals surface area contributed by atoms with Crippen molar-refractivity contribution in [3.8, 4) is 5.75 Å². The average Bonchev–Trinajstić information content (AvgIpc) is 3.56. The summed E-state index contributed by atoms with van der Waals surface area (Å²) >= 11 is 0. The van der Waals surface area contributed by atoms with Crippen molar-refractivity contribution in [3.05, 3.63) is 41.5 Å². The number of fused-ring (bicyclic) bond motifs is 3. The van der Waals surface area contributed by atoms with E-state index in [0.717, 1.165) is 12.8 Å². The summed E-state index contributed by atoms with van der Waals surface area (Å²) in [5.41, 5.74) is -0.124. The molecule has 3 atom stereocenters. The lowest BCUT2D eigenvalue weighted by atomic mass is 9.74. The van der Waals surface area contributed by atoms with Gasteiger partial charge in [-0.05, 0) is 49.4 Å². The van der Waals surface area contributed by atoms with Crippen molar-refractivity contribution in [3.63, 3.8) is 0 Å². The molecule has 0 spiro atoms. The fourth-order valence-electron chi connectivity index (χ4n) is 5.90. The van der Waals surface area contributed by atoms with Gasteiger partial charge in [0.2, 0.25) is 0 Å². The van der Waals surface area contributed by atoms with Crippen LogP contribution >= 0.6 is 0 Å². The third-order valence-corrected chi connectivity index (χ3v) is 9.22. The molecule has 1 aromatic heterocycles. The Kier molecular flexibility index (Phi) is 5.33. The molecule has 1 aromatic carbocycles. The molecule has 2 aromatic rings. The molecule has 2 bridgehead atoms. The first-order valence-corrected chi connectivity index (χ1v) is 13.2. The average molecular weight is 517 g/mol. The summed E-state index contributed by atoms with van der Waals surface area (Å²) in [6, 6.07) is 4.09. The molecule has 4 aliphatic heterocycles. The third-order valence-electron chi connectivity index (χ3n) is 8.03. The summed E-state index contributed by atoms with van der Waals surface area (Å²) in [6.07, 6.45) is 3.17. The SMILES string of the molecule is Cc1cc(NC(=O)c2c3c(cn2C)S(=O)NC2CN(C(=O)C45CC(CO4)C5)CC2(C)CO3)ccc1F. The molecule has 3 saturated heterocycles. The van der Waals surface area contributed by atoms with Crippen LogP contribution in [0, 0.1) is 24.1 Å². The molecule has 1 saturated carbocycles. The van der Waals surface area contributed by atoms with Gasteiger partial charge in [0, 0.05) is 43.5 Å². The Morgan fingerprint density at radius 2 is 2.08 bits per heavy atom. The highest BCUT2D eigenvalue weighted by Gasteiger charge is 2.60. The van der Waals surface area contributed by atoms with Gasteiger partial charge < -0.3 is 24.3 Å². The maximum absolute atomic E-state index is 13.6. The minimum Gasteiger partial charge on any atom is -0.489 e. The minimum absolute atomic E-state index is 0.00446. The van der Waals surface area contributed by atoms with E-state index in [1.165, 1.54) is 12.1 Å². The van der Waals surface area contributed by atoms with E-state index in [2.05, 4.69) is 10.0 Å². The van der Waals surface area contributed by atoms with E-state index in [9.17, 15) is 18.2 Å². The number of ether oxygens (including phenoxy) is 2. The maximum Gasteiger partial charge on any atom is 0.276 e. The summed E-state index contributed by atoms with van der Waals surface area (Å²) in [5, 5.41) is 2.78. The van der Waals surface area contributed by atoms with E-state index < -0.39 is 27.9 Å². The molecule has 4 fully saturated rings. The van der Waals surface area contributed by atoms with Crippen molar-refractivity contribution in [1.82, 2.24) is 14.2 Å². The number of anilines is 1. The summed E-state index contributed by atoms with van der Waals surface area (Å²) in [7, 11) is 0.0218. The Hall–Kier alpha value is -2.76. The Bertz CT molecular complexity index is 1300. The number of benzene rings is 1. The largest absolute Gasteiger partial charge is 0.489 e. The Morgan fingerprint density at radius 1 is 1.31 bits per heavy atom. The quantitative estimate of drug-likeness (QED) is 0.651. The molecule has 2 N–H and O–H groups in total. The van der Waals surface area contributed by atoms with Gasteiger partial charge in [-0.1, -0.05) is 6.92 Å². The van der Waals surface area contributed by atoms with Crippen LogP contribution in [0.1, 0.15) is 35.8 Å². The molecule has 0 radical (unpaired) electrons. The lowest BCUT2D eigenvalue weighted by molar-refractivity contribution is -0.154. The van der Waals surface area contributed by atoms with Gasteiger partial charge in [0.1, 0.15) is 27.3 Å². The fourth-order valence-corrected chi connectivity index (χ4v) is 7.22. The Labute approximate surface area is 210 Å². The first-order valence-electron chi connectivity index (χ1n) is 12.1. The molecule has 7 rings (SSSR count). The molecular weight excluding hydrogens is 487 g/mol. The monoisotopic (exact) mass is 516 g/mol. The topological polar surface area (TPSA) is 102 Å². The highest BCUT2D eigenvalue weighted by molar-refractivity contribution is 7.83. The second kappa shape index (κ2) is 8.12. The van der Waals surface area contributed by atoms with Crippen LogP contribution in [0.2, 0.25) is 0 Å². The number of amides is 2. The van der Waals surface area contributed by atoms with Crippen LogP contribution in [0.3, 0.4) is 0 Å². The molecule has 192 valence electrons. The molecule has 5 heterocycles. The number of nitrogens with zero attached hydrogens (tertiary/aromatic N) is 2. The zero-order chi connectivity index (χ0) is 25.4. The van der Waals surface area contributed by atoms with E-state index >= 15 is 0 Å². The van der Waals surface area contributed by atoms with Crippen LogP contribution in [0.5, 0.6) is 5.75 Å². The number of hydrogen-bond donors (Lipinski definition) is 2. The highest BCUT2D eigenvalue weighted by Crippen LogP contribution is 2.50. The van der Waals surface area contributed by atoms with E-state index in [0.29, 0.717) is 41.8 Å². The van der Waals surface area contributed by atoms with Gasteiger partial charge in [0.15, 0.2) is 11.4 Å². The van der Waals surface area contributed by atoms with Gasteiger partial charge >= 0.3 is 0 Å². The zero-order valence-corrected chi connectivity index (χ0v) is 21.2. The molecule has 36 heavy (non-hydrogen) atoms. The molecule has 3 unspecified atom stereocenters. The molecule has 1 aliphatic carbocycles. The van der Waals surface area contributed by atoms with Crippen molar-refractivity contribution < 1.29 is 27.7 Å². The number of hydrogen-bond acceptors (Lipinski definition) is 5. The van der Waals surface area contributed by atoms with E-state index in [1.54, 1.807) is 35.7 Å². The van der Waals surface area contributed by atoms with Crippen molar-refractivity contribution in [2.24, 2.45) is 18.4 Å². The van der Waals surface area contributed by atoms with Gasteiger partial charge in [-0.3, -0.25) is 9.59 Å². The Balaban J connectivity index is 1.24. The Morgan fingerprint density at radius 3 is 2.78 bits per heavy atom. The number of aryl methyl sites for hydroxylation is 2. The smallest absolute Gasteiger partial charge is 0.276 e. The number of nitrogens with one attached hydrogen (secondary N) is 2. The van der Waals surface area contributed by atoms with E-state index in [1.807, 2.05) is 6.92 Å². The van der Waals surface area contributed by atoms with Crippen LogP contribution in [-0.2, 0) is 27.6 Å². The fraction of sp³-hybridized carbons (Fsp3) is 0.520. The predicted molar refractivity (Wildman–Crippen MR) is 129 cm³/mol. The van der Waals surface area contributed by atoms with Gasteiger partial charge in [0.05, 0.1) is 13.2 Å². The van der Waals surface area contributed by atoms with Crippen LogP contribution in [0.4, 0.5) is 10.1 Å². The highest BCUT2D eigenvalue weighted by atomic mass is 32.2. The third kappa shape index (κ3) is 3.59. The molecular formula is C25H29FN4O5S. The van der Waals surface area contributed by atoms with Crippen molar-refractivity contribution in [1.29, 1.82) is 0 Å². The number of halogens is 1. The van der Waals surface area contributed by atoms with Gasteiger partial charge in [-0.25, -0.2) is 13.3 Å². The summed E-state index contributed by atoms with van der Waals surface area (Å²) in [5.74, 6) is -0.0870. The first kappa shape index (κ1) is 23.6. The van der Waals surface area contributed by atoms with E-state index in [4.69, 9.17) is 9.47 Å². The second-order valence-corrected chi connectivity index (χ2v) is 12.1. The van der Waals surface area contributed by atoms with Crippen molar-refractivity contribution in [2.45, 2.75) is 43.2 Å². The van der Waals surface area contributed by atoms with Crippen LogP contribution in [-0.4, -0.2) is 63.4 Å². The summed E-state index contributed by atoms with van der Waals surface area (Å²) < 4.78 is 43.8. The summed E-state index contributed by atoms with van der Waals surface area (Å²) in [6.45, 7) is 5.35. The van der Waals surface area contributed by atoms with Crippen LogP contribution in [0.15, 0.2) is 29.3 Å². The molecule has 2 amide bonds. The summed E-state index contributed by atoms with van der Waals surface area (Å²) in [4.78, 5) is 28.7. The normalized spacial score (nSPS) is 32.6. The second-order valence-electron chi connectivity index (χ2n) is 10.8. The number of aromatic nitrogens is 1. The van der Waals surface area contributed by atoms with Gasteiger partial charge in [0.25, 0.3) is 11.8 Å². The number of carbonyl (C=O) groups is 2. The zero-order valence-electron chi connectivity index (χ0n) is 20.4. The van der Waals surface area contributed by atoms with E-state index in [-0.39, 0.29) is 35.8 Å². The maximum atomic E-state index is 13.6. The predicted octanol–water partition coefficient (Wildman–Crippen LogP) is 2.13. The van der Waals surface area contributed by atoms with Crippen molar-refractivity contribution in [2.75, 3.05) is 31.6 Å². The van der Waals surface area contributed by atoms with Crippen LogP contribution < -0.4 is 14.8 Å². The van der Waals surface area contributed by atoms with Crippen LogP contribution in [0.25, 0.3) is 0 Å². The first-order chi connectivity index (χ1) is 17.1. The number of likely N-dealkylation sites (tertiary alicyclic amines) is 1. The molecule has 5 aliphatic rings. The minimum atomic E-state index is -1.66. The number of rotatable bonds is 3. The lowest BCUT2D eigenvalue weighted by Crippen LogP contribution is -2.52. The molecule has 9 nitrogen and oxygen atoms in total. The number of carbonyl (C=O) groups excluding carboxylic acids is 2. The standard InChI is InChI=1S/C25H29FN4O5S/c1-14-6-16(4-5-17(14)26)27-22(31)20-21-18(9-29(20)3)36(33)28-19-10-30(12-24(19,2)13-34-21)23(32)25-7-15(8-25)11-35-25/h4-6,9,15,19,28H,7-8,10-13H2,1-3H3,(H,27,31).